The Morgan fingerprint density at radius 3 is 2.60 bits per heavy atom. The Labute approximate surface area is 56.4 Å². The highest BCUT2D eigenvalue weighted by atomic mass is 16.6. The Bertz CT molecular complexity index is 208. The molecule has 0 aromatic rings. The number of ether oxygens (including phenoxy) is 2. The number of carbonyl (C=O) groups is 2. The van der Waals surface area contributed by atoms with Crippen LogP contribution in [0.2, 0.25) is 0 Å². The summed E-state index contributed by atoms with van der Waals surface area (Å²) < 4.78 is 8.70. The van der Waals surface area contributed by atoms with Crippen LogP contribution in [-0.2, 0) is 19.1 Å². The Morgan fingerprint density at radius 2 is 2.10 bits per heavy atom. The molecule has 1 rings (SSSR count). The second-order valence-electron chi connectivity index (χ2n) is 1.60. The zero-order chi connectivity index (χ0) is 7.56. The minimum absolute atomic E-state index is 0.0684. The molecule has 0 aromatic heterocycles. The Balaban J connectivity index is 2.66. The maximum atomic E-state index is 10.4. The second-order valence-corrected chi connectivity index (χ2v) is 1.60. The van der Waals surface area contributed by atoms with E-state index in [0.717, 1.165) is 6.20 Å². The number of nitrogens with two attached hydrogens (primary N) is 1. The summed E-state index contributed by atoms with van der Waals surface area (Å²) in [5.41, 5.74) is 4.98. The Hall–Kier alpha value is -1.52. The van der Waals surface area contributed by atoms with Gasteiger partial charge in [-0.05, 0) is 0 Å². The van der Waals surface area contributed by atoms with Crippen LogP contribution in [-0.4, -0.2) is 18.5 Å². The molecular formula is C5H5NO4. The molecule has 1 saturated heterocycles. The lowest BCUT2D eigenvalue weighted by atomic mass is 10.5. The Morgan fingerprint density at radius 1 is 1.40 bits per heavy atom. The minimum Gasteiger partial charge on any atom is -0.449 e. The molecule has 1 aliphatic rings. The van der Waals surface area contributed by atoms with Crippen molar-refractivity contribution in [3.63, 3.8) is 0 Å². The molecule has 2 N–H and O–H groups in total. The van der Waals surface area contributed by atoms with Gasteiger partial charge in [-0.25, -0.2) is 9.59 Å². The normalized spacial score (nSPS) is 22.2. The number of cyclic esters (lactones) is 2. The maximum Gasteiger partial charge on any atom is 0.422 e. The molecule has 0 unspecified atom stereocenters. The number of carbonyl (C=O) groups excluding carboxylic acids is 2. The molecule has 0 spiro atoms. The van der Waals surface area contributed by atoms with Crippen LogP contribution < -0.4 is 5.73 Å². The van der Waals surface area contributed by atoms with Crippen LogP contribution in [0.1, 0.15) is 0 Å². The van der Waals surface area contributed by atoms with Crippen molar-refractivity contribution in [2.75, 3.05) is 6.61 Å². The van der Waals surface area contributed by atoms with Crippen molar-refractivity contribution in [1.82, 2.24) is 0 Å². The van der Waals surface area contributed by atoms with Crippen LogP contribution >= 0.6 is 0 Å². The predicted molar refractivity (Wildman–Crippen MR) is 29.3 cm³/mol. The van der Waals surface area contributed by atoms with Gasteiger partial charge in [-0.3, -0.25) is 0 Å². The number of hydrogen-bond acceptors (Lipinski definition) is 5. The monoisotopic (exact) mass is 143 g/mol. The molecule has 5 nitrogen and oxygen atoms in total. The van der Waals surface area contributed by atoms with Crippen LogP contribution in [0.5, 0.6) is 0 Å². The average molecular weight is 143 g/mol. The molecule has 0 saturated carbocycles. The fourth-order valence-corrected chi connectivity index (χ4v) is 0.468. The molecule has 0 amide bonds. The van der Waals surface area contributed by atoms with E-state index in [2.05, 4.69) is 9.47 Å². The fraction of sp³-hybridized carbons (Fsp3) is 0.200. The molecule has 0 radical (unpaired) electrons. The topological polar surface area (TPSA) is 78.6 Å². The van der Waals surface area contributed by atoms with Gasteiger partial charge in [0.25, 0.3) is 0 Å². The van der Waals surface area contributed by atoms with Crippen molar-refractivity contribution in [1.29, 1.82) is 0 Å². The molecule has 54 valence electrons. The third kappa shape index (κ3) is 1.07. The first-order chi connectivity index (χ1) is 4.74. The van der Waals surface area contributed by atoms with Gasteiger partial charge in [0.2, 0.25) is 0 Å². The Kier molecular flexibility index (Phi) is 1.57. The van der Waals surface area contributed by atoms with Gasteiger partial charge in [0, 0.05) is 6.20 Å². The minimum atomic E-state index is -1.03. The summed E-state index contributed by atoms with van der Waals surface area (Å²) >= 11 is 0. The third-order valence-corrected chi connectivity index (χ3v) is 0.922. The van der Waals surface area contributed by atoms with Gasteiger partial charge in [-0.1, -0.05) is 0 Å². The van der Waals surface area contributed by atoms with E-state index < -0.39 is 11.9 Å². The summed E-state index contributed by atoms with van der Waals surface area (Å²) in [7, 11) is 0. The first-order valence-electron chi connectivity index (χ1n) is 2.53. The van der Waals surface area contributed by atoms with E-state index in [9.17, 15) is 9.59 Å². The molecule has 0 aliphatic carbocycles. The SMILES string of the molecule is NC=C1COC(=O)C(=O)O1. The molecule has 0 aromatic carbocycles. The van der Waals surface area contributed by atoms with Crippen molar-refractivity contribution >= 4 is 11.9 Å². The van der Waals surface area contributed by atoms with E-state index in [4.69, 9.17) is 5.73 Å². The van der Waals surface area contributed by atoms with Crippen LogP contribution in [0.3, 0.4) is 0 Å². The van der Waals surface area contributed by atoms with Gasteiger partial charge >= 0.3 is 11.9 Å². The molecule has 1 heterocycles. The quantitative estimate of drug-likeness (QED) is 0.343. The van der Waals surface area contributed by atoms with Gasteiger partial charge in [0.05, 0.1) is 0 Å². The maximum absolute atomic E-state index is 10.4. The highest BCUT2D eigenvalue weighted by molar-refractivity contribution is 6.30. The lowest BCUT2D eigenvalue weighted by molar-refractivity contribution is -0.171. The fourth-order valence-electron chi connectivity index (χ4n) is 0.468. The van der Waals surface area contributed by atoms with Crippen LogP contribution in [0.25, 0.3) is 0 Å². The largest absolute Gasteiger partial charge is 0.449 e. The van der Waals surface area contributed by atoms with Gasteiger partial charge in [-0.2, -0.15) is 0 Å². The van der Waals surface area contributed by atoms with Gasteiger partial charge in [0.15, 0.2) is 12.4 Å². The van der Waals surface area contributed by atoms with E-state index >= 15 is 0 Å². The zero-order valence-corrected chi connectivity index (χ0v) is 4.99. The molecule has 1 fully saturated rings. The van der Waals surface area contributed by atoms with Gasteiger partial charge in [0.1, 0.15) is 0 Å². The second kappa shape index (κ2) is 2.38. The number of esters is 2. The lowest BCUT2D eigenvalue weighted by Crippen LogP contribution is -2.28. The van der Waals surface area contributed by atoms with E-state index in [1.807, 2.05) is 0 Å². The van der Waals surface area contributed by atoms with Gasteiger partial charge < -0.3 is 15.2 Å². The van der Waals surface area contributed by atoms with Crippen molar-refractivity contribution in [3.8, 4) is 0 Å². The summed E-state index contributed by atoms with van der Waals surface area (Å²) in [6.45, 7) is -0.0684. The van der Waals surface area contributed by atoms with E-state index in [0.29, 0.717) is 0 Å². The van der Waals surface area contributed by atoms with Crippen LogP contribution in [0, 0.1) is 0 Å². The third-order valence-electron chi connectivity index (χ3n) is 0.922. The molecule has 0 atom stereocenters. The van der Waals surface area contributed by atoms with Crippen LogP contribution in [0.4, 0.5) is 0 Å². The molecule has 5 heteroatoms. The average Bonchev–Trinajstić information content (AvgIpc) is 1.95. The van der Waals surface area contributed by atoms with Gasteiger partial charge in [-0.15, -0.1) is 0 Å². The lowest BCUT2D eigenvalue weighted by Gasteiger charge is -2.12. The zero-order valence-electron chi connectivity index (χ0n) is 4.99. The van der Waals surface area contributed by atoms with Crippen molar-refractivity contribution in [3.05, 3.63) is 12.0 Å². The first kappa shape index (κ1) is 6.60. The molecule has 10 heavy (non-hydrogen) atoms. The summed E-state index contributed by atoms with van der Waals surface area (Å²) in [5.74, 6) is -1.85. The summed E-state index contributed by atoms with van der Waals surface area (Å²) in [5, 5.41) is 0. The van der Waals surface area contributed by atoms with Crippen molar-refractivity contribution < 1.29 is 19.1 Å². The summed E-state index contributed by atoms with van der Waals surface area (Å²) in [4.78, 5) is 20.7. The highest BCUT2D eigenvalue weighted by Crippen LogP contribution is 2.04. The smallest absolute Gasteiger partial charge is 0.422 e. The summed E-state index contributed by atoms with van der Waals surface area (Å²) in [6.07, 6.45) is 1.07. The van der Waals surface area contributed by atoms with Crippen molar-refractivity contribution in [2.45, 2.75) is 0 Å². The molecular weight excluding hydrogens is 138 g/mol. The predicted octanol–water partition coefficient (Wildman–Crippen LogP) is -1.11. The van der Waals surface area contributed by atoms with E-state index in [1.165, 1.54) is 0 Å². The number of hydrogen-bond donors (Lipinski definition) is 1. The highest BCUT2D eigenvalue weighted by Gasteiger charge is 2.25. The van der Waals surface area contributed by atoms with Crippen LogP contribution in [0.15, 0.2) is 12.0 Å². The summed E-state index contributed by atoms with van der Waals surface area (Å²) in [6, 6.07) is 0. The standard InChI is InChI=1S/C5H5NO4/c6-1-3-2-9-4(7)5(8)10-3/h1H,2,6H2. The number of rotatable bonds is 0. The van der Waals surface area contributed by atoms with E-state index in [1.54, 1.807) is 0 Å². The van der Waals surface area contributed by atoms with E-state index in [-0.39, 0.29) is 12.4 Å². The molecule has 0 bridgehead atoms. The van der Waals surface area contributed by atoms with Crippen molar-refractivity contribution in [2.24, 2.45) is 5.73 Å². The molecule has 1 aliphatic heterocycles. The first-order valence-corrected chi connectivity index (χ1v) is 2.53.